The highest BCUT2D eigenvalue weighted by atomic mass is 35.5. The van der Waals surface area contributed by atoms with Crippen LogP contribution in [0.15, 0.2) is 53.1 Å². The number of rotatable bonds is 7. The summed E-state index contributed by atoms with van der Waals surface area (Å²) in [6.45, 7) is 6.90. The largest absolute Gasteiger partial charge is 0.379 e. The zero-order valence-electron chi connectivity index (χ0n) is 19.7. The number of benzene rings is 2. The van der Waals surface area contributed by atoms with E-state index in [1.54, 1.807) is 11.3 Å². The topological polar surface area (TPSA) is 71.8 Å². The molecule has 0 aliphatic carbocycles. The van der Waals surface area contributed by atoms with Crippen molar-refractivity contribution in [2.45, 2.75) is 20.0 Å². The van der Waals surface area contributed by atoms with Gasteiger partial charge in [0, 0.05) is 59.8 Å². The molecule has 1 fully saturated rings. The van der Waals surface area contributed by atoms with E-state index >= 15 is 0 Å². The monoisotopic (exact) mass is 525 g/mol. The number of hydrazone groups is 1. The number of morpholine rings is 1. The molecule has 1 saturated heterocycles. The van der Waals surface area contributed by atoms with Crippen molar-refractivity contribution in [3.8, 4) is 10.6 Å². The van der Waals surface area contributed by atoms with Crippen LogP contribution in [0.25, 0.3) is 21.5 Å². The Balaban J connectivity index is 1.37. The highest BCUT2D eigenvalue weighted by Crippen LogP contribution is 2.30. The van der Waals surface area contributed by atoms with Crippen LogP contribution >= 0.6 is 22.9 Å². The Kier molecular flexibility index (Phi) is 7.43. The van der Waals surface area contributed by atoms with Gasteiger partial charge in [-0.3, -0.25) is 9.69 Å². The summed E-state index contributed by atoms with van der Waals surface area (Å²) in [5, 5.41) is 8.08. The number of ether oxygens (including phenoxy) is 1. The third-order valence-electron chi connectivity index (χ3n) is 6.09. The van der Waals surface area contributed by atoms with Crippen molar-refractivity contribution in [2.24, 2.45) is 5.10 Å². The van der Waals surface area contributed by atoms with E-state index in [0.717, 1.165) is 66.6 Å². The molecule has 3 heterocycles. The third kappa shape index (κ3) is 5.34. The van der Waals surface area contributed by atoms with Crippen molar-refractivity contribution < 1.29 is 13.9 Å². The van der Waals surface area contributed by atoms with Crippen molar-refractivity contribution in [2.75, 3.05) is 26.3 Å². The molecule has 0 atom stereocenters. The quantitative estimate of drug-likeness (QED) is 0.267. The molecule has 0 radical (unpaired) electrons. The number of aromatic nitrogens is 2. The SMILES string of the molecule is CCn1cc(C(=O)N/N=C/c2ccc(F)cc2Cl)c2cc(-c3nc(CN4CCOCC4)cs3)ccc21. The number of hydrogen-bond acceptors (Lipinski definition) is 6. The molecule has 1 aliphatic heterocycles. The lowest BCUT2D eigenvalue weighted by molar-refractivity contribution is 0.0337. The number of amides is 1. The maximum absolute atomic E-state index is 13.3. The molecule has 0 unspecified atom stereocenters. The maximum atomic E-state index is 13.3. The first-order chi connectivity index (χ1) is 17.5. The van der Waals surface area contributed by atoms with Crippen LogP contribution in [0.3, 0.4) is 0 Å². The summed E-state index contributed by atoms with van der Waals surface area (Å²) >= 11 is 7.63. The fraction of sp³-hybridized carbons (Fsp3) is 0.269. The Morgan fingerprint density at radius 1 is 1.28 bits per heavy atom. The van der Waals surface area contributed by atoms with Gasteiger partial charge in [-0.2, -0.15) is 5.10 Å². The van der Waals surface area contributed by atoms with Crippen molar-refractivity contribution in [3.05, 3.63) is 75.6 Å². The van der Waals surface area contributed by atoms with Crippen LogP contribution in [0.4, 0.5) is 4.39 Å². The van der Waals surface area contributed by atoms with E-state index in [1.807, 2.05) is 35.9 Å². The van der Waals surface area contributed by atoms with Gasteiger partial charge in [0.05, 0.1) is 35.7 Å². The molecule has 1 N–H and O–H groups in total. The Morgan fingerprint density at radius 3 is 2.89 bits per heavy atom. The first-order valence-electron chi connectivity index (χ1n) is 11.7. The highest BCUT2D eigenvalue weighted by Gasteiger charge is 2.17. The van der Waals surface area contributed by atoms with Crippen LogP contribution in [0.1, 0.15) is 28.5 Å². The molecule has 10 heteroatoms. The van der Waals surface area contributed by atoms with E-state index in [1.165, 1.54) is 24.4 Å². The molecule has 7 nitrogen and oxygen atoms in total. The standard InChI is InChI=1S/C26H25ClFN5O2S/c1-2-33-15-22(25(34)31-29-13-18-3-5-19(28)12-23(18)27)21-11-17(4-6-24(21)33)26-30-20(16-36-26)14-32-7-9-35-10-8-32/h3-6,11-13,15-16H,2,7-10,14H2,1H3,(H,31,34)/b29-13+. The number of nitrogens with one attached hydrogen (secondary N) is 1. The van der Waals surface area contributed by atoms with Crippen molar-refractivity contribution >= 4 is 46.0 Å². The zero-order chi connectivity index (χ0) is 25.1. The first-order valence-corrected chi connectivity index (χ1v) is 12.9. The lowest BCUT2D eigenvalue weighted by Gasteiger charge is -2.25. The van der Waals surface area contributed by atoms with E-state index in [4.69, 9.17) is 21.3 Å². The molecular formula is C26H25ClFN5O2S. The molecular weight excluding hydrogens is 501 g/mol. The van der Waals surface area contributed by atoms with Crippen LogP contribution in [-0.4, -0.2) is 52.9 Å². The fourth-order valence-electron chi connectivity index (χ4n) is 4.20. The average Bonchev–Trinajstić information content (AvgIpc) is 3.50. The Hall–Kier alpha value is -3.11. The summed E-state index contributed by atoms with van der Waals surface area (Å²) in [7, 11) is 0. The number of nitrogens with zero attached hydrogens (tertiary/aromatic N) is 4. The summed E-state index contributed by atoms with van der Waals surface area (Å²) in [6.07, 6.45) is 3.23. The fourth-order valence-corrected chi connectivity index (χ4v) is 5.22. The Labute approximate surface area is 217 Å². The Bertz CT molecular complexity index is 1430. The van der Waals surface area contributed by atoms with Gasteiger partial charge in [0.25, 0.3) is 5.91 Å². The van der Waals surface area contributed by atoms with Gasteiger partial charge in [0.1, 0.15) is 10.8 Å². The molecule has 1 amide bonds. The minimum atomic E-state index is -0.433. The van der Waals surface area contributed by atoms with Gasteiger partial charge in [-0.05, 0) is 43.3 Å². The minimum absolute atomic E-state index is 0.219. The second-order valence-electron chi connectivity index (χ2n) is 8.46. The number of fused-ring (bicyclic) bond motifs is 1. The van der Waals surface area contributed by atoms with Crippen LogP contribution in [0.5, 0.6) is 0 Å². The third-order valence-corrected chi connectivity index (χ3v) is 7.35. The summed E-state index contributed by atoms with van der Waals surface area (Å²) in [4.78, 5) is 20.2. The van der Waals surface area contributed by atoms with Crippen molar-refractivity contribution in [3.63, 3.8) is 0 Å². The van der Waals surface area contributed by atoms with Gasteiger partial charge in [-0.15, -0.1) is 11.3 Å². The molecule has 1 aliphatic rings. The van der Waals surface area contributed by atoms with Gasteiger partial charge in [-0.1, -0.05) is 11.6 Å². The highest BCUT2D eigenvalue weighted by molar-refractivity contribution is 7.13. The van der Waals surface area contributed by atoms with E-state index in [-0.39, 0.29) is 10.9 Å². The minimum Gasteiger partial charge on any atom is -0.379 e. The molecule has 0 spiro atoms. The number of carbonyl (C=O) groups is 1. The number of aryl methyl sites for hydroxylation is 1. The molecule has 2 aromatic heterocycles. The van der Waals surface area contributed by atoms with E-state index in [2.05, 4.69) is 20.8 Å². The molecule has 186 valence electrons. The number of hydrogen-bond donors (Lipinski definition) is 1. The zero-order valence-corrected chi connectivity index (χ0v) is 21.3. The summed E-state index contributed by atoms with van der Waals surface area (Å²) in [5.41, 5.74) is 6.55. The van der Waals surface area contributed by atoms with E-state index in [0.29, 0.717) is 11.1 Å². The molecule has 4 aromatic rings. The van der Waals surface area contributed by atoms with Crippen LogP contribution < -0.4 is 5.43 Å². The molecule has 2 aromatic carbocycles. The smallest absolute Gasteiger partial charge is 0.273 e. The predicted molar refractivity (Wildman–Crippen MR) is 141 cm³/mol. The van der Waals surface area contributed by atoms with Gasteiger partial charge in [0.2, 0.25) is 0 Å². The lowest BCUT2D eigenvalue weighted by atomic mass is 10.1. The number of halogens is 2. The normalized spacial score (nSPS) is 14.6. The number of thiazole rings is 1. The number of carbonyl (C=O) groups excluding carboxylic acids is 1. The first kappa shape index (κ1) is 24.6. The van der Waals surface area contributed by atoms with Crippen molar-refractivity contribution in [1.82, 2.24) is 19.9 Å². The molecule has 5 rings (SSSR count). The summed E-state index contributed by atoms with van der Waals surface area (Å²) in [5.74, 6) is -0.774. The Morgan fingerprint density at radius 2 is 2.11 bits per heavy atom. The van der Waals surface area contributed by atoms with Crippen LogP contribution in [0, 0.1) is 5.82 Å². The summed E-state index contributed by atoms with van der Waals surface area (Å²) < 4.78 is 20.7. The predicted octanol–water partition coefficient (Wildman–Crippen LogP) is 5.17. The molecule has 36 heavy (non-hydrogen) atoms. The van der Waals surface area contributed by atoms with Gasteiger partial charge >= 0.3 is 0 Å². The lowest BCUT2D eigenvalue weighted by Crippen LogP contribution is -2.35. The van der Waals surface area contributed by atoms with Crippen LogP contribution in [0.2, 0.25) is 5.02 Å². The molecule has 0 bridgehead atoms. The maximum Gasteiger partial charge on any atom is 0.273 e. The summed E-state index contributed by atoms with van der Waals surface area (Å²) in [6, 6.07) is 10.1. The van der Waals surface area contributed by atoms with E-state index in [9.17, 15) is 9.18 Å². The second-order valence-corrected chi connectivity index (χ2v) is 9.72. The van der Waals surface area contributed by atoms with Gasteiger partial charge in [-0.25, -0.2) is 14.8 Å². The van der Waals surface area contributed by atoms with Gasteiger partial charge in [0.15, 0.2) is 0 Å². The van der Waals surface area contributed by atoms with Crippen molar-refractivity contribution in [1.29, 1.82) is 0 Å². The van der Waals surface area contributed by atoms with Gasteiger partial charge < -0.3 is 9.30 Å². The second kappa shape index (κ2) is 10.9. The molecule has 0 saturated carbocycles. The average molecular weight is 526 g/mol. The van der Waals surface area contributed by atoms with E-state index < -0.39 is 5.82 Å². The van der Waals surface area contributed by atoms with Crippen LogP contribution in [-0.2, 0) is 17.8 Å².